The zero-order chi connectivity index (χ0) is 21.3. The van der Waals surface area contributed by atoms with Crippen molar-refractivity contribution in [1.82, 2.24) is 14.9 Å². The van der Waals surface area contributed by atoms with Crippen molar-refractivity contribution in [3.8, 4) is 0 Å². The SMILES string of the molecule is CCC(=O)N1CCC[C@@H](c2nc(C)c3c(n2)N(Cc2ccc(F)cc2)C(=O)CC3)C1. The van der Waals surface area contributed by atoms with Crippen LogP contribution in [0.25, 0.3) is 0 Å². The van der Waals surface area contributed by atoms with E-state index in [1.807, 2.05) is 18.7 Å². The second kappa shape index (κ2) is 8.50. The molecule has 3 heterocycles. The first-order chi connectivity index (χ1) is 14.5. The van der Waals surface area contributed by atoms with Crippen molar-refractivity contribution in [2.24, 2.45) is 0 Å². The Balaban J connectivity index is 1.65. The lowest BCUT2D eigenvalue weighted by atomic mass is 9.95. The van der Waals surface area contributed by atoms with Crippen LogP contribution in [-0.2, 0) is 22.6 Å². The Morgan fingerprint density at radius 3 is 2.70 bits per heavy atom. The smallest absolute Gasteiger partial charge is 0.228 e. The zero-order valence-electron chi connectivity index (χ0n) is 17.5. The van der Waals surface area contributed by atoms with E-state index in [2.05, 4.69) is 0 Å². The highest BCUT2D eigenvalue weighted by molar-refractivity contribution is 5.95. The molecule has 0 unspecified atom stereocenters. The molecule has 158 valence electrons. The first kappa shape index (κ1) is 20.4. The second-order valence-corrected chi connectivity index (χ2v) is 8.11. The maximum absolute atomic E-state index is 13.3. The first-order valence-electron chi connectivity index (χ1n) is 10.7. The van der Waals surface area contributed by atoms with Crippen LogP contribution in [0, 0.1) is 12.7 Å². The van der Waals surface area contributed by atoms with Gasteiger partial charge >= 0.3 is 0 Å². The van der Waals surface area contributed by atoms with Gasteiger partial charge in [0, 0.05) is 43.1 Å². The number of hydrogen-bond acceptors (Lipinski definition) is 4. The molecule has 1 aromatic heterocycles. The summed E-state index contributed by atoms with van der Waals surface area (Å²) < 4.78 is 13.3. The quantitative estimate of drug-likeness (QED) is 0.774. The number of aryl methyl sites for hydroxylation is 1. The van der Waals surface area contributed by atoms with Gasteiger partial charge in [-0.3, -0.25) is 14.5 Å². The highest BCUT2D eigenvalue weighted by Gasteiger charge is 2.31. The zero-order valence-corrected chi connectivity index (χ0v) is 17.5. The Kier molecular flexibility index (Phi) is 5.79. The maximum Gasteiger partial charge on any atom is 0.228 e. The minimum Gasteiger partial charge on any atom is -0.342 e. The largest absolute Gasteiger partial charge is 0.342 e. The summed E-state index contributed by atoms with van der Waals surface area (Å²) >= 11 is 0. The van der Waals surface area contributed by atoms with Crippen LogP contribution in [0.4, 0.5) is 10.2 Å². The average molecular weight is 410 g/mol. The average Bonchev–Trinajstić information content (AvgIpc) is 2.76. The molecule has 0 N–H and O–H groups in total. The Hall–Kier alpha value is -2.83. The van der Waals surface area contributed by atoms with Gasteiger partial charge in [-0.2, -0.15) is 0 Å². The van der Waals surface area contributed by atoms with E-state index in [1.54, 1.807) is 17.0 Å². The summed E-state index contributed by atoms with van der Waals surface area (Å²) in [5.41, 5.74) is 2.75. The number of carbonyl (C=O) groups is 2. The van der Waals surface area contributed by atoms with Crippen LogP contribution < -0.4 is 4.90 Å². The van der Waals surface area contributed by atoms with E-state index in [0.717, 1.165) is 36.2 Å². The van der Waals surface area contributed by atoms with E-state index in [4.69, 9.17) is 9.97 Å². The number of amides is 2. The molecule has 2 aromatic rings. The lowest BCUT2D eigenvalue weighted by molar-refractivity contribution is -0.132. The topological polar surface area (TPSA) is 66.4 Å². The lowest BCUT2D eigenvalue weighted by Gasteiger charge is -2.34. The van der Waals surface area contributed by atoms with E-state index in [1.165, 1.54) is 12.1 Å². The highest BCUT2D eigenvalue weighted by Crippen LogP contribution is 2.33. The third-order valence-corrected chi connectivity index (χ3v) is 6.05. The van der Waals surface area contributed by atoms with Gasteiger partial charge in [-0.1, -0.05) is 19.1 Å². The molecule has 6 nitrogen and oxygen atoms in total. The van der Waals surface area contributed by atoms with Crippen LogP contribution in [0.1, 0.15) is 61.2 Å². The molecule has 0 spiro atoms. The Morgan fingerprint density at radius 2 is 1.97 bits per heavy atom. The van der Waals surface area contributed by atoms with Crippen molar-refractivity contribution in [3.63, 3.8) is 0 Å². The number of anilines is 1. The van der Waals surface area contributed by atoms with Crippen LogP contribution in [0.2, 0.25) is 0 Å². The number of fused-ring (bicyclic) bond motifs is 1. The monoisotopic (exact) mass is 410 g/mol. The van der Waals surface area contributed by atoms with E-state index in [9.17, 15) is 14.0 Å². The van der Waals surface area contributed by atoms with Gasteiger partial charge in [0.25, 0.3) is 0 Å². The highest BCUT2D eigenvalue weighted by atomic mass is 19.1. The molecule has 30 heavy (non-hydrogen) atoms. The molecule has 1 fully saturated rings. The predicted molar refractivity (Wildman–Crippen MR) is 112 cm³/mol. The number of aromatic nitrogens is 2. The molecule has 7 heteroatoms. The van der Waals surface area contributed by atoms with Gasteiger partial charge in [0.15, 0.2) is 0 Å². The van der Waals surface area contributed by atoms with Crippen LogP contribution in [0.5, 0.6) is 0 Å². The summed E-state index contributed by atoms with van der Waals surface area (Å²) in [4.78, 5) is 38.1. The molecule has 1 saturated heterocycles. The van der Waals surface area contributed by atoms with E-state index in [-0.39, 0.29) is 23.5 Å². The third kappa shape index (κ3) is 4.06. The van der Waals surface area contributed by atoms with Gasteiger partial charge in [-0.05, 0) is 43.9 Å². The fourth-order valence-electron chi connectivity index (χ4n) is 4.36. The summed E-state index contributed by atoms with van der Waals surface area (Å²) in [6.45, 7) is 5.60. The number of nitrogens with zero attached hydrogens (tertiary/aromatic N) is 4. The molecule has 2 amide bonds. The number of halogens is 1. The number of piperidine rings is 1. The number of benzene rings is 1. The summed E-state index contributed by atoms with van der Waals surface area (Å²) in [6.07, 6.45) is 3.40. The molecule has 2 aliphatic heterocycles. The number of carbonyl (C=O) groups excluding carboxylic acids is 2. The summed E-state index contributed by atoms with van der Waals surface area (Å²) in [5, 5.41) is 0. The standard InChI is InChI=1S/C23H27FN4O2/c1-3-20(29)27-12-4-5-17(14-27)22-25-15(2)19-10-11-21(30)28(23(19)26-22)13-16-6-8-18(24)9-7-16/h6-9,17H,3-5,10-14H2,1-2H3/t17-/m1/s1. The van der Waals surface area contributed by atoms with Gasteiger partial charge < -0.3 is 4.90 Å². The van der Waals surface area contributed by atoms with Crippen molar-refractivity contribution in [1.29, 1.82) is 0 Å². The third-order valence-electron chi connectivity index (χ3n) is 6.05. The fraction of sp³-hybridized carbons (Fsp3) is 0.478. The predicted octanol–water partition coefficient (Wildman–Crippen LogP) is 3.52. The Bertz CT molecular complexity index is 960. The molecular weight excluding hydrogens is 383 g/mol. The van der Waals surface area contributed by atoms with Crippen LogP contribution in [0.3, 0.4) is 0 Å². The Morgan fingerprint density at radius 1 is 1.20 bits per heavy atom. The molecule has 2 aliphatic rings. The van der Waals surface area contributed by atoms with Crippen molar-refractivity contribution in [2.45, 2.75) is 58.4 Å². The normalized spacial score (nSPS) is 19.0. The van der Waals surface area contributed by atoms with Crippen molar-refractivity contribution in [3.05, 3.63) is 52.7 Å². The molecule has 0 aliphatic carbocycles. The number of hydrogen-bond donors (Lipinski definition) is 0. The molecule has 0 saturated carbocycles. The maximum atomic E-state index is 13.3. The van der Waals surface area contributed by atoms with E-state index < -0.39 is 0 Å². The van der Waals surface area contributed by atoms with Crippen molar-refractivity contribution < 1.29 is 14.0 Å². The van der Waals surface area contributed by atoms with Crippen LogP contribution in [-0.4, -0.2) is 39.8 Å². The van der Waals surface area contributed by atoms with E-state index in [0.29, 0.717) is 44.0 Å². The number of likely N-dealkylation sites (tertiary alicyclic amines) is 1. The van der Waals surface area contributed by atoms with Crippen LogP contribution in [0.15, 0.2) is 24.3 Å². The van der Waals surface area contributed by atoms with Gasteiger partial charge in [-0.25, -0.2) is 14.4 Å². The van der Waals surface area contributed by atoms with Crippen LogP contribution >= 0.6 is 0 Å². The molecule has 0 bridgehead atoms. The first-order valence-corrected chi connectivity index (χ1v) is 10.7. The van der Waals surface area contributed by atoms with Gasteiger partial charge in [0.2, 0.25) is 11.8 Å². The Labute approximate surface area is 176 Å². The second-order valence-electron chi connectivity index (χ2n) is 8.11. The summed E-state index contributed by atoms with van der Waals surface area (Å²) in [5.74, 6) is 1.32. The minimum atomic E-state index is -0.298. The van der Waals surface area contributed by atoms with Gasteiger partial charge in [-0.15, -0.1) is 0 Å². The summed E-state index contributed by atoms with van der Waals surface area (Å²) in [6, 6.07) is 6.20. The molecule has 1 aromatic carbocycles. The molecule has 1 atom stereocenters. The van der Waals surface area contributed by atoms with Crippen molar-refractivity contribution >= 4 is 17.6 Å². The number of rotatable bonds is 4. The van der Waals surface area contributed by atoms with Gasteiger partial charge in [0.1, 0.15) is 17.5 Å². The minimum absolute atomic E-state index is 0.0160. The molecular formula is C23H27FN4O2. The lowest BCUT2D eigenvalue weighted by Crippen LogP contribution is -2.40. The van der Waals surface area contributed by atoms with Crippen molar-refractivity contribution in [2.75, 3.05) is 18.0 Å². The molecule has 0 radical (unpaired) electrons. The molecule has 4 rings (SSSR count). The summed E-state index contributed by atoms with van der Waals surface area (Å²) in [7, 11) is 0. The van der Waals surface area contributed by atoms with Gasteiger partial charge in [0.05, 0.1) is 6.54 Å². The van der Waals surface area contributed by atoms with E-state index >= 15 is 0 Å². The fourth-order valence-corrected chi connectivity index (χ4v) is 4.36.